The zero-order valence-corrected chi connectivity index (χ0v) is 12.4. The van der Waals surface area contributed by atoms with Gasteiger partial charge in [-0.3, -0.25) is 9.69 Å². The predicted molar refractivity (Wildman–Crippen MR) is 74.4 cm³/mol. The van der Waals surface area contributed by atoms with Crippen LogP contribution in [0.15, 0.2) is 0 Å². The second-order valence-corrected chi connectivity index (χ2v) is 5.50. The normalized spacial score (nSPS) is 14.6. The van der Waals surface area contributed by atoms with Gasteiger partial charge < -0.3 is 10.1 Å². The maximum absolute atomic E-state index is 12.1. The van der Waals surface area contributed by atoms with Crippen LogP contribution in [0.2, 0.25) is 0 Å². The molecule has 0 aliphatic rings. The lowest BCUT2D eigenvalue weighted by atomic mass is 10.0. The van der Waals surface area contributed by atoms with Gasteiger partial charge in [-0.25, -0.2) is 0 Å². The summed E-state index contributed by atoms with van der Waals surface area (Å²) >= 11 is 0. The van der Waals surface area contributed by atoms with Crippen LogP contribution < -0.4 is 5.32 Å². The van der Waals surface area contributed by atoms with Crippen molar-refractivity contribution in [2.24, 2.45) is 5.92 Å². The Morgan fingerprint density at radius 2 is 1.94 bits per heavy atom. The summed E-state index contributed by atoms with van der Waals surface area (Å²) in [7, 11) is 3.80. The molecule has 0 aliphatic heterocycles. The fourth-order valence-corrected chi connectivity index (χ4v) is 1.96. The zero-order chi connectivity index (χ0) is 14.1. The molecule has 4 heteroatoms. The highest BCUT2D eigenvalue weighted by Crippen LogP contribution is 2.08. The molecule has 0 saturated heterocycles. The number of rotatable bonds is 9. The van der Waals surface area contributed by atoms with Gasteiger partial charge in [0.15, 0.2) is 0 Å². The van der Waals surface area contributed by atoms with Crippen LogP contribution in [-0.4, -0.2) is 43.3 Å². The minimum atomic E-state index is -0.360. The number of unbranched alkanes of at least 4 members (excludes halogenated alkanes) is 1. The molecular formula is C14H28N2O2. The highest BCUT2D eigenvalue weighted by Gasteiger charge is 2.22. The lowest BCUT2D eigenvalue weighted by molar-refractivity contribution is -0.128. The van der Waals surface area contributed by atoms with E-state index >= 15 is 0 Å². The van der Waals surface area contributed by atoms with E-state index in [9.17, 15) is 9.59 Å². The molecule has 18 heavy (non-hydrogen) atoms. The first-order valence-electron chi connectivity index (χ1n) is 6.84. The van der Waals surface area contributed by atoms with Gasteiger partial charge in [0.2, 0.25) is 5.91 Å². The van der Waals surface area contributed by atoms with Crippen molar-refractivity contribution >= 4 is 12.2 Å². The Kier molecular flexibility index (Phi) is 8.63. The van der Waals surface area contributed by atoms with Crippen molar-refractivity contribution in [2.75, 3.05) is 14.1 Å². The summed E-state index contributed by atoms with van der Waals surface area (Å²) in [5.41, 5.74) is 0. The molecule has 0 bridgehead atoms. The van der Waals surface area contributed by atoms with E-state index in [-0.39, 0.29) is 18.0 Å². The largest absolute Gasteiger partial charge is 0.345 e. The molecule has 1 amide bonds. The molecule has 0 rings (SSSR count). The van der Waals surface area contributed by atoms with Crippen LogP contribution in [0, 0.1) is 5.92 Å². The van der Waals surface area contributed by atoms with Crippen LogP contribution in [0.25, 0.3) is 0 Å². The maximum Gasteiger partial charge on any atom is 0.237 e. The highest BCUT2D eigenvalue weighted by molar-refractivity contribution is 5.84. The third kappa shape index (κ3) is 6.74. The molecule has 106 valence electrons. The predicted octanol–water partition coefficient (Wildman–Crippen LogP) is 1.84. The van der Waals surface area contributed by atoms with Crippen molar-refractivity contribution in [1.82, 2.24) is 10.2 Å². The topological polar surface area (TPSA) is 49.4 Å². The Hall–Kier alpha value is -0.900. The maximum atomic E-state index is 12.1. The Bertz CT molecular complexity index is 252. The molecule has 0 aromatic rings. The number of likely N-dealkylation sites (N-methyl/N-ethyl adjacent to an activating group) is 1. The van der Waals surface area contributed by atoms with Gasteiger partial charge in [-0.1, -0.05) is 33.6 Å². The van der Waals surface area contributed by atoms with Crippen LogP contribution in [0.5, 0.6) is 0 Å². The molecular weight excluding hydrogens is 228 g/mol. The Balaban J connectivity index is 4.42. The van der Waals surface area contributed by atoms with Crippen molar-refractivity contribution in [3.8, 4) is 0 Å². The second-order valence-electron chi connectivity index (χ2n) is 5.50. The van der Waals surface area contributed by atoms with E-state index in [1.807, 2.05) is 32.8 Å². The number of aldehydes is 1. The average molecular weight is 256 g/mol. The molecule has 1 N–H and O–H groups in total. The smallest absolute Gasteiger partial charge is 0.237 e. The summed E-state index contributed by atoms with van der Waals surface area (Å²) < 4.78 is 0. The standard InChI is InChI=1S/C14H28N2O2/c1-6-7-8-13(16(4)5)14(18)15-12(10-17)9-11(2)3/h10-13H,6-9H2,1-5H3,(H,15,18)/t12-,13-/m0/s1. The summed E-state index contributed by atoms with van der Waals surface area (Å²) in [5.74, 6) is 0.361. The van der Waals surface area contributed by atoms with Crippen molar-refractivity contribution in [3.63, 3.8) is 0 Å². The van der Waals surface area contributed by atoms with Crippen LogP contribution >= 0.6 is 0 Å². The Labute approximate surface area is 111 Å². The van der Waals surface area contributed by atoms with E-state index in [4.69, 9.17) is 0 Å². The first-order chi connectivity index (χ1) is 8.42. The minimum Gasteiger partial charge on any atom is -0.345 e. The second kappa shape index (κ2) is 9.09. The minimum absolute atomic E-state index is 0.0359. The van der Waals surface area contributed by atoms with Gasteiger partial charge in [-0.15, -0.1) is 0 Å². The molecule has 0 fully saturated rings. The molecule has 0 aliphatic carbocycles. The number of carbonyl (C=O) groups excluding carboxylic acids is 2. The Morgan fingerprint density at radius 3 is 2.33 bits per heavy atom. The number of hydrogen-bond donors (Lipinski definition) is 1. The summed E-state index contributed by atoms with van der Waals surface area (Å²) in [4.78, 5) is 25.0. The van der Waals surface area contributed by atoms with E-state index in [0.717, 1.165) is 25.5 Å². The van der Waals surface area contributed by atoms with E-state index in [1.165, 1.54) is 0 Å². The van der Waals surface area contributed by atoms with Gasteiger partial charge in [0.25, 0.3) is 0 Å². The van der Waals surface area contributed by atoms with E-state index in [2.05, 4.69) is 12.2 Å². The van der Waals surface area contributed by atoms with Crippen molar-refractivity contribution < 1.29 is 9.59 Å². The molecule has 0 heterocycles. The van der Waals surface area contributed by atoms with E-state index < -0.39 is 0 Å². The number of carbonyl (C=O) groups is 2. The molecule has 0 saturated carbocycles. The van der Waals surface area contributed by atoms with Crippen molar-refractivity contribution in [2.45, 2.75) is 58.5 Å². The lowest BCUT2D eigenvalue weighted by Gasteiger charge is -2.25. The van der Waals surface area contributed by atoms with Gasteiger partial charge >= 0.3 is 0 Å². The quantitative estimate of drug-likeness (QED) is 0.640. The fraction of sp³-hybridized carbons (Fsp3) is 0.857. The Morgan fingerprint density at radius 1 is 1.33 bits per heavy atom. The number of hydrogen-bond acceptors (Lipinski definition) is 3. The fourth-order valence-electron chi connectivity index (χ4n) is 1.96. The van der Waals surface area contributed by atoms with E-state index in [0.29, 0.717) is 12.3 Å². The molecule has 2 atom stereocenters. The van der Waals surface area contributed by atoms with Crippen molar-refractivity contribution in [3.05, 3.63) is 0 Å². The van der Waals surface area contributed by atoms with Crippen molar-refractivity contribution in [1.29, 1.82) is 0 Å². The monoisotopic (exact) mass is 256 g/mol. The SMILES string of the molecule is CCCC[C@@H](C(=O)N[C@H](C=O)CC(C)C)N(C)C. The van der Waals surface area contributed by atoms with Crippen LogP contribution in [0.4, 0.5) is 0 Å². The lowest BCUT2D eigenvalue weighted by Crippen LogP contribution is -2.48. The summed E-state index contributed by atoms with van der Waals surface area (Å²) in [6, 6.07) is -0.499. The zero-order valence-electron chi connectivity index (χ0n) is 12.4. The van der Waals surface area contributed by atoms with Crippen LogP contribution in [-0.2, 0) is 9.59 Å². The summed E-state index contributed by atoms with van der Waals surface area (Å²) in [6.45, 7) is 6.20. The van der Waals surface area contributed by atoms with Gasteiger partial charge in [0.05, 0.1) is 12.1 Å². The molecule has 0 aromatic heterocycles. The molecule has 0 unspecified atom stereocenters. The van der Waals surface area contributed by atoms with Gasteiger partial charge in [-0.2, -0.15) is 0 Å². The van der Waals surface area contributed by atoms with Crippen LogP contribution in [0.3, 0.4) is 0 Å². The third-order valence-electron chi connectivity index (χ3n) is 2.97. The van der Waals surface area contributed by atoms with Gasteiger partial charge in [0.1, 0.15) is 6.29 Å². The number of amides is 1. The first kappa shape index (κ1) is 17.1. The first-order valence-corrected chi connectivity index (χ1v) is 6.84. The van der Waals surface area contributed by atoms with Crippen LogP contribution in [0.1, 0.15) is 46.5 Å². The number of nitrogens with one attached hydrogen (secondary N) is 1. The molecule has 0 spiro atoms. The average Bonchev–Trinajstić information content (AvgIpc) is 2.27. The molecule has 4 nitrogen and oxygen atoms in total. The summed E-state index contributed by atoms with van der Waals surface area (Å²) in [5, 5.41) is 2.84. The van der Waals surface area contributed by atoms with Gasteiger partial charge in [-0.05, 0) is 32.9 Å². The highest BCUT2D eigenvalue weighted by atomic mass is 16.2. The number of nitrogens with zero attached hydrogens (tertiary/aromatic N) is 1. The molecule has 0 radical (unpaired) electrons. The van der Waals surface area contributed by atoms with Gasteiger partial charge in [0, 0.05) is 0 Å². The summed E-state index contributed by atoms with van der Waals surface area (Å²) in [6.07, 6.45) is 4.46. The third-order valence-corrected chi connectivity index (χ3v) is 2.97. The molecule has 0 aromatic carbocycles. The van der Waals surface area contributed by atoms with E-state index in [1.54, 1.807) is 0 Å².